The first-order valence-corrected chi connectivity index (χ1v) is 10.3. The molecule has 3 heterocycles. The van der Waals surface area contributed by atoms with Crippen molar-refractivity contribution in [1.29, 1.82) is 0 Å². The zero-order valence-corrected chi connectivity index (χ0v) is 16.5. The lowest BCUT2D eigenvalue weighted by Gasteiger charge is -2.36. The van der Waals surface area contributed by atoms with Gasteiger partial charge in [0, 0.05) is 60.7 Å². The van der Waals surface area contributed by atoms with Gasteiger partial charge in [0.25, 0.3) is 0 Å². The van der Waals surface area contributed by atoms with Crippen molar-refractivity contribution in [2.24, 2.45) is 0 Å². The summed E-state index contributed by atoms with van der Waals surface area (Å²) in [5.41, 5.74) is 2.38. The molecule has 0 radical (unpaired) electrons. The third-order valence-corrected chi connectivity index (χ3v) is 5.89. The molecule has 5 nitrogen and oxygen atoms in total. The van der Waals surface area contributed by atoms with E-state index in [1.54, 1.807) is 0 Å². The van der Waals surface area contributed by atoms with Crippen LogP contribution in [0.5, 0.6) is 0 Å². The highest BCUT2D eigenvalue weighted by atomic mass is 16.3. The molecule has 148 valence electrons. The van der Waals surface area contributed by atoms with Crippen molar-refractivity contribution >= 4 is 27.6 Å². The molecule has 1 fully saturated rings. The van der Waals surface area contributed by atoms with E-state index in [1.807, 2.05) is 18.3 Å². The number of nitrogens with zero attached hydrogens (tertiary/aromatic N) is 4. The molecule has 2 aromatic heterocycles. The molecule has 0 bridgehead atoms. The van der Waals surface area contributed by atoms with Gasteiger partial charge in [-0.2, -0.15) is 0 Å². The van der Waals surface area contributed by atoms with Crippen LogP contribution in [-0.2, 0) is 6.54 Å². The zero-order chi connectivity index (χ0) is 19.6. The van der Waals surface area contributed by atoms with Crippen LogP contribution >= 0.6 is 0 Å². The van der Waals surface area contributed by atoms with Gasteiger partial charge in [-0.1, -0.05) is 42.5 Å². The predicted octanol–water partition coefficient (Wildman–Crippen LogP) is 3.37. The molecule has 0 amide bonds. The highest BCUT2D eigenvalue weighted by Gasteiger charge is 2.21. The fourth-order valence-corrected chi connectivity index (χ4v) is 4.47. The van der Waals surface area contributed by atoms with Crippen LogP contribution in [0.1, 0.15) is 0 Å². The average molecular weight is 386 g/mol. The summed E-state index contributed by atoms with van der Waals surface area (Å²) >= 11 is 0. The van der Waals surface area contributed by atoms with Crippen LogP contribution in [-0.4, -0.2) is 58.4 Å². The molecule has 29 heavy (non-hydrogen) atoms. The van der Waals surface area contributed by atoms with E-state index < -0.39 is 6.10 Å². The van der Waals surface area contributed by atoms with E-state index in [2.05, 4.69) is 73.9 Å². The summed E-state index contributed by atoms with van der Waals surface area (Å²) in [7, 11) is 0. The van der Waals surface area contributed by atoms with E-state index in [0.717, 1.165) is 32.0 Å². The maximum absolute atomic E-state index is 10.9. The van der Waals surface area contributed by atoms with Gasteiger partial charge in [0.2, 0.25) is 0 Å². The van der Waals surface area contributed by atoms with Gasteiger partial charge in [-0.3, -0.25) is 4.90 Å². The number of fused-ring (bicyclic) bond motifs is 3. The Kier molecular flexibility index (Phi) is 4.92. The topological polar surface area (TPSA) is 44.5 Å². The molecular weight excluding hydrogens is 360 g/mol. The van der Waals surface area contributed by atoms with Crippen LogP contribution in [0.25, 0.3) is 21.8 Å². The lowest BCUT2D eigenvalue weighted by molar-refractivity contribution is 0.0968. The Balaban J connectivity index is 1.27. The summed E-state index contributed by atoms with van der Waals surface area (Å²) in [5.74, 6) is 1.04. The Bertz CT molecular complexity index is 1050. The normalized spacial score (nSPS) is 16.5. The Morgan fingerprint density at radius 1 is 0.759 bits per heavy atom. The van der Waals surface area contributed by atoms with E-state index in [1.165, 1.54) is 21.8 Å². The van der Waals surface area contributed by atoms with Gasteiger partial charge in [0.15, 0.2) is 0 Å². The minimum absolute atomic E-state index is 0.407. The third-order valence-electron chi connectivity index (χ3n) is 5.89. The summed E-state index contributed by atoms with van der Waals surface area (Å²) in [6, 6.07) is 23.0. The molecule has 0 spiro atoms. The molecule has 4 aromatic rings. The van der Waals surface area contributed by atoms with Gasteiger partial charge in [-0.15, -0.1) is 0 Å². The molecule has 5 heteroatoms. The van der Waals surface area contributed by atoms with Crippen molar-refractivity contribution in [3.63, 3.8) is 0 Å². The first-order valence-electron chi connectivity index (χ1n) is 10.3. The number of pyridine rings is 1. The lowest BCUT2D eigenvalue weighted by Crippen LogP contribution is -2.49. The summed E-state index contributed by atoms with van der Waals surface area (Å²) in [6.45, 7) is 5.07. The van der Waals surface area contributed by atoms with Crippen molar-refractivity contribution in [1.82, 2.24) is 14.5 Å². The number of benzene rings is 2. The van der Waals surface area contributed by atoms with E-state index in [0.29, 0.717) is 13.1 Å². The van der Waals surface area contributed by atoms with Crippen molar-refractivity contribution in [2.75, 3.05) is 37.6 Å². The molecule has 0 aliphatic carbocycles. The van der Waals surface area contributed by atoms with Gasteiger partial charge in [-0.25, -0.2) is 4.98 Å². The standard InChI is InChI=1S/C24H26N4O/c29-19(17-26-13-15-27(16-14-26)24-11-5-6-12-25-24)18-28-22-9-3-1-7-20(22)21-8-2-4-10-23(21)28/h1-12,19,29H,13-18H2. The van der Waals surface area contributed by atoms with Gasteiger partial charge >= 0.3 is 0 Å². The molecule has 0 saturated carbocycles. The summed E-state index contributed by atoms with van der Waals surface area (Å²) in [4.78, 5) is 9.13. The van der Waals surface area contributed by atoms with Crippen LogP contribution in [0.2, 0.25) is 0 Å². The Labute approximate surface area is 170 Å². The molecule has 1 saturated heterocycles. The Morgan fingerprint density at radius 3 is 2.00 bits per heavy atom. The van der Waals surface area contributed by atoms with Crippen LogP contribution in [0.3, 0.4) is 0 Å². The number of hydrogen-bond donors (Lipinski definition) is 1. The molecule has 5 rings (SSSR count). The molecule has 1 N–H and O–H groups in total. The molecule has 1 aliphatic heterocycles. The largest absolute Gasteiger partial charge is 0.390 e. The van der Waals surface area contributed by atoms with E-state index in [9.17, 15) is 5.11 Å². The van der Waals surface area contributed by atoms with Crippen molar-refractivity contribution in [3.8, 4) is 0 Å². The fourth-order valence-electron chi connectivity index (χ4n) is 4.47. The zero-order valence-electron chi connectivity index (χ0n) is 16.5. The number of hydrogen-bond acceptors (Lipinski definition) is 4. The van der Waals surface area contributed by atoms with E-state index >= 15 is 0 Å². The van der Waals surface area contributed by atoms with Crippen LogP contribution in [0.4, 0.5) is 5.82 Å². The summed E-state index contributed by atoms with van der Waals surface area (Å²) in [6.07, 6.45) is 1.44. The van der Waals surface area contributed by atoms with Gasteiger partial charge < -0.3 is 14.6 Å². The van der Waals surface area contributed by atoms with Gasteiger partial charge in [-0.05, 0) is 24.3 Å². The first-order chi connectivity index (χ1) is 14.3. The fraction of sp³-hybridized carbons (Fsp3) is 0.292. The number of rotatable bonds is 5. The van der Waals surface area contributed by atoms with Crippen molar-refractivity contribution in [2.45, 2.75) is 12.6 Å². The number of para-hydroxylation sites is 2. The lowest BCUT2D eigenvalue weighted by atomic mass is 10.2. The second-order valence-electron chi connectivity index (χ2n) is 7.77. The Hall–Kier alpha value is -2.89. The highest BCUT2D eigenvalue weighted by molar-refractivity contribution is 6.07. The quantitative estimate of drug-likeness (QED) is 0.571. The predicted molar refractivity (Wildman–Crippen MR) is 118 cm³/mol. The maximum Gasteiger partial charge on any atom is 0.128 e. The molecule has 2 aromatic carbocycles. The van der Waals surface area contributed by atoms with Gasteiger partial charge in [0.1, 0.15) is 5.82 Å². The molecular formula is C24H26N4O. The maximum atomic E-state index is 10.9. The number of aromatic nitrogens is 2. The Morgan fingerprint density at radius 2 is 1.38 bits per heavy atom. The van der Waals surface area contributed by atoms with Gasteiger partial charge in [0.05, 0.1) is 12.6 Å². The number of piperazine rings is 1. The van der Waals surface area contributed by atoms with Crippen molar-refractivity contribution < 1.29 is 5.11 Å². The highest BCUT2D eigenvalue weighted by Crippen LogP contribution is 2.29. The summed E-state index contributed by atoms with van der Waals surface area (Å²) < 4.78 is 2.26. The van der Waals surface area contributed by atoms with E-state index in [-0.39, 0.29) is 0 Å². The molecule has 1 aliphatic rings. The second-order valence-corrected chi connectivity index (χ2v) is 7.77. The number of anilines is 1. The number of aliphatic hydroxyl groups is 1. The number of aliphatic hydroxyl groups excluding tert-OH is 1. The summed E-state index contributed by atoms with van der Waals surface area (Å²) in [5, 5.41) is 13.4. The minimum Gasteiger partial charge on any atom is -0.390 e. The first kappa shape index (κ1) is 18.2. The average Bonchev–Trinajstić information content (AvgIpc) is 3.09. The molecule has 1 atom stereocenters. The SMILES string of the molecule is OC(CN1CCN(c2ccccn2)CC1)Cn1c2ccccc2c2ccccc21. The van der Waals surface area contributed by atoms with Crippen LogP contribution in [0.15, 0.2) is 72.9 Å². The van der Waals surface area contributed by atoms with E-state index in [4.69, 9.17) is 0 Å². The smallest absolute Gasteiger partial charge is 0.128 e. The van der Waals surface area contributed by atoms with Crippen LogP contribution < -0.4 is 4.90 Å². The second kappa shape index (κ2) is 7.85. The third kappa shape index (κ3) is 3.59. The van der Waals surface area contributed by atoms with Crippen LogP contribution in [0, 0.1) is 0 Å². The monoisotopic (exact) mass is 386 g/mol. The number of β-amino-alcohol motifs (C(OH)–C–C–N with tert-alkyl or cyclic N) is 1. The molecule has 1 unspecified atom stereocenters. The minimum atomic E-state index is -0.407. The van der Waals surface area contributed by atoms with Crippen molar-refractivity contribution in [3.05, 3.63) is 72.9 Å².